The van der Waals surface area contributed by atoms with E-state index in [1.807, 2.05) is 6.07 Å². The summed E-state index contributed by atoms with van der Waals surface area (Å²) >= 11 is 6.08. The Morgan fingerprint density at radius 2 is 2.29 bits per heavy atom. The lowest BCUT2D eigenvalue weighted by Gasteiger charge is -2.25. The summed E-state index contributed by atoms with van der Waals surface area (Å²) in [4.78, 5) is 12.4. The van der Waals surface area contributed by atoms with E-state index in [9.17, 15) is 4.79 Å². The molecule has 7 heteroatoms. The number of halogens is 1. The zero-order valence-electron chi connectivity index (χ0n) is 11.5. The number of nitrogens with one attached hydrogen (secondary N) is 1. The van der Waals surface area contributed by atoms with Crippen LogP contribution in [-0.2, 0) is 13.1 Å². The van der Waals surface area contributed by atoms with Crippen molar-refractivity contribution in [2.24, 2.45) is 5.92 Å². The minimum atomic E-state index is -0.182. The Morgan fingerprint density at radius 1 is 1.43 bits per heavy atom. The van der Waals surface area contributed by atoms with E-state index in [-0.39, 0.29) is 5.56 Å². The van der Waals surface area contributed by atoms with Crippen LogP contribution in [0.5, 0.6) is 0 Å². The summed E-state index contributed by atoms with van der Waals surface area (Å²) in [5.41, 5.74) is 0.935. The maximum atomic E-state index is 12.4. The highest BCUT2D eigenvalue weighted by Gasteiger charge is 2.20. The van der Waals surface area contributed by atoms with Crippen molar-refractivity contribution in [1.82, 2.24) is 20.0 Å². The van der Waals surface area contributed by atoms with E-state index in [1.54, 1.807) is 12.3 Å². The molecule has 2 aromatic heterocycles. The van der Waals surface area contributed by atoms with Gasteiger partial charge in [-0.05, 0) is 30.9 Å². The van der Waals surface area contributed by atoms with E-state index in [4.69, 9.17) is 11.6 Å². The van der Waals surface area contributed by atoms with Gasteiger partial charge in [-0.3, -0.25) is 4.79 Å². The molecule has 0 aromatic carbocycles. The Morgan fingerprint density at radius 3 is 2.95 bits per heavy atom. The Hall–Kier alpha value is -1.95. The van der Waals surface area contributed by atoms with Gasteiger partial charge in [-0.15, -0.1) is 0 Å². The SMILES string of the molecule is O=c1c(NCc2cccnn2)c(Cl)cnn1CC1CCC1. The molecule has 1 N–H and O–H groups in total. The molecular weight excluding hydrogens is 290 g/mol. The molecule has 110 valence electrons. The number of rotatable bonds is 5. The highest BCUT2D eigenvalue weighted by Crippen LogP contribution is 2.27. The molecule has 1 fully saturated rings. The molecule has 0 bridgehead atoms. The van der Waals surface area contributed by atoms with Crippen LogP contribution >= 0.6 is 11.6 Å². The molecule has 0 amide bonds. The van der Waals surface area contributed by atoms with Crippen molar-refractivity contribution >= 4 is 17.3 Å². The van der Waals surface area contributed by atoms with Gasteiger partial charge in [0.15, 0.2) is 0 Å². The van der Waals surface area contributed by atoms with Crippen molar-refractivity contribution in [2.75, 3.05) is 5.32 Å². The maximum Gasteiger partial charge on any atom is 0.291 e. The van der Waals surface area contributed by atoms with Gasteiger partial charge < -0.3 is 5.32 Å². The zero-order chi connectivity index (χ0) is 14.7. The Kier molecular flexibility index (Phi) is 4.15. The van der Waals surface area contributed by atoms with Crippen LogP contribution in [0.2, 0.25) is 5.02 Å². The minimum Gasteiger partial charge on any atom is -0.374 e. The van der Waals surface area contributed by atoms with Gasteiger partial charge in [0.1, 0.15) is 5.69 Å². The molecular formula is C14H16ClN5O. The normalized spacial score (nSPS) is 14.7. The second-order valence-electron chi connectivity index (χ2n) is 5.22. The molecule has 0 atom stereocenters. The van der Waals surface area contributed by atoms with E-state index >= 15 is 0 Å². The van der Waals surface area contributed by atoms with Crippen LogP contribution in [0.1, 0.15) is 25.0 Å². The van der Waals surface area contributed by atoms with E-state index < -0.39 is 0 Å². The van der Waals surface area contributed by atoms with Crippen LogP contribution in [0.25, 0.3) is 0 Å². The van der Waals surface area contributed by atoms with Crippen molar-refractivity contribution in [3.05, 3.63) is 45.6 Å². The van der Waals surface area contributed by atoms with Crippen LogP contribution in [0, 0.1) is 5.92 Å². The molecule has 0 radical (unpaired) electrons. The minimum absolute atomic E-state index is 0.182. The first-order valence-corrected chi connectivity index (χ1v) is 7.38. The van der Waals surface area contributed by atoms with Crippen LogP contribution in [0.15, 0.2) is 29.3 Å². The van der Waals surface area contributed by atoms with Gasteiger partial charge in [-0.25, -0.2) is 4.68 Å². The summed E-state index contributed by atoms with van der Waals surface area (Å²) in [6, 6.07) is 3.63. The largest absolute Gasteiger partial charge is 0.374 e. The van der Waals surface area contributed by atoms with E-state index in [1.165, 1.54) is 30.1 Å². The summed E-state index contributed by atoms with van der Waals surface area (Å²) in [6.07, 6.45) is 6.69. The lowest BCUT2D eigenvalue weighted by molar-refractivity contribution is 0.262. The Balaban J connectivity index is 1.77. The van der Waals surface area contributed by atoms with Gasteiger partial charge in [0.05, 0.1) is 23.5 Å². The van der Waals surface area contributed by atoms with Crippen LogP contribution in [0.4, 0.5) is 5.69 Å². The second-order valence-corrected chi connectivity index (χ2v) is 5.63. The molecule has 2 heterocycles. The second kappa shape index (κ2) is 6.22. The number of hydrogen-bond donors (Lipinski definition) is 1. The lowest BCUT2D eigenvalue weighted by Crippen LogP contribution is -2.30. The first-order chi connectivity index (χ1) is 10.2. The van der Waals surface area contributed by atoms with Gasteiger partial charge >= 0.3 is 0 Å². The van der Waals surface area contributed by atoms with Gasteiger partial charge in [0.2, 0.25) is 0 Å². The monoisotopic (exact) mass is 305 g/mol. The molecule has 3 rings (SSSR count). The van der Waals surface area contributed by atoms with Gasteiger partial charge in [-0.1, -0.05) is 18.0 Å². The average molecular weight is 306 g/mol. The third-order valence-electron chi connectivity index (χ3n) is 3.73. The van der Waals surface area contributed by atoms with Crippen LogP contribution < -0.4 is 10.9 Å². The molecule has 0 saturated heterocycles. The summed E-state index contributed by atoms with van der Waals surface area (Å²) < 4.78 is 1.49. The molecule has 0 aliphatic heterocycles. The average Bonchev–Trinajstić information content (AvgIpc) is 2.45. The van der Waals surface area contributed by atoms with Gasteiger partial charge in [0.25, 0.3) is 5.56 Å². The fraction of sp³-hybridized carbons (Fsp3) is 0.429. The molecule has 1 aliphatic carbocycles. The summed E-state index contributed by atoms with van der Waals surface area (Å²) in [5.74, 6) is 0.559. The fourth-order valence-corrected chi connectivity index (χ4v) is 2.48. The lowest BCUT2D eigenvalue weighted by atomic mass is 9.85. The Labute approximate surface area is 127 Å². The number of nitrogens with zero attached hydrogens (tertiary/aromatic N) is 4. The fourth-order valence-electron chi connectivity index (χ4n) is 2.29. The number of anilines is 1. The quantitative estimate of drug-likeness (QED) is 0.916. The maximum absolute atomic E-state index is 12.4. The van der Waals surface area contributed by atoms with Gasteiger partial charge in [-0.2, -0.15) is 15.3 Å². The third kappa shape index (κ3) is 3.21. The van der Waals surface area contributed by atoms with Crippen molar-refractivity contribution in [3.8, 4) is 0 Å². The van der Waals surface area contributed by atoms with Crippen molar-refractivity contribution in [3.63, 3.8) is 0 Å². The molecule has 1 saturated carbocycles. The predicted octanol–water partition coefficient (Wildman–Crippen LogP) is 2.10. The molecule has 0 unspecified atom stereocenters. The number of hydrogen-bond acceptors (Lipinski definition) is 5. The zero-order valence-corrected chi connectivity index (χ0v) is 12.3. The highest BCUT2D eigenvalue weighted by molar-refractivity contribution is 6.32. The van der Waals surface area contributed by atoms with E-state index in [0.717, 1.165) is 5.69 Å². The number of aromatic nitrogens is 4. The topological polar surface area (TPSA) is 72.7 Å². The van der Waals surface area contributed by atoms with Gasteiger partial charge in [0, 0.05) is 12.7 Å². The van der Waals surface area contributed by atoms with Crippen LogP contribution in [-0.4, -0.2) is 20.0 Å². The molecule has 2 aromatic rings. The summed E-state index contributed by atoms with van der Waals surface area (Å²) in [5, 5.41) is 15.3. The first-order valence-electron chi connectivity index (χ1n) is 7.00. The molecule has 0 spiro atoms. The highest BCUT2D eigenvalue weighted by atomic mass is 35.5. The van der Waals surface area contributed by atoms with E-state index in [2.05, 4.69) is 20.6 Å². The van der Waals surface area contributed by atoms with Crippen LogP contribution in [0.3, 0.4) is 0 Å². The first kappa shape index (κ1) is 14.0. The molecule has 6 nitrogen and oxygen atoms in total. The predicted molar refractivity (Wildman–Crippen MR) is 80.2 cm³/mol. The summed E-state index contributed by atoms with van der Waals surface area (Å²) in [7, 11) is 0. The molecule has 21 heavy (non-hydrogen) atoms. The molecule has 1 aliphatic rings. The van der Waals surface area contributed by atoms with Crippen molar-refractivity contribution in [2.45, 2.75) is 32.4 Å². The standard InChI is InChI=1S/C14H16ClN5O/c15-12-8-18-20(9-10-3-1-4-10)14(21)13(12)16-7-11-5-2-6-17-19-11/h2,5-6,8,10,16H,1,3-4,7,9H2. The van der Waals surface area contributed by atoms with Crippen molar-refractivity contribution in [1.29, 1.82) is 0 Å². The Bertz CT molecular complexity index is 669. The third-order valence-corrected chi connectivity index (χ3v) is 4.01. The smallest absolute Gasteiger partial charge is 0.291 e. The van der Waals surface area contributed by atoms with E-state index in [0.29, 0.717) is 29.7 Å². The summed E-state index contributed by atoms with van der Waals surface area (Å²) in [6.45, 7) is 1.06. The van der Waals surface area contributed by atoms with Crippen molar-refractivity contribution < 1.29 is 0 Å².